The minimum Gasteiger partial charge on any atom is -0.379 e. The standard InChI is InChI=1S/C19H11F5N2O2/c20-12-6-7-13(15(21)9-12)14-4-1-5-16(17(14)19(22,23)24)28-26-18(27)11-3-2-8-25-10-11/h1-10H,(H,26,27). The van der Waals surface area contributed by atoms with Crippen molar-refractivity contribution in [2.45, 2.75) is 6.18 Å². The molecule has 0 unspecified atom stereocenters. The number of amides is 1. The van der Waals surface area contributed by atoms with Crippen LogP contribution in [0.3, 0.4) is 0 Å². The van der Waals surface area contributed by atoms with Crippen molar-refractivity contribution in [3.05, 3.63) is 83.7 Å². The van der Waals surface area contributed by atoms with Crippen molar-refractivity contribution in [1.82, 2.24) is 10.5 Å². The van der Waals surface area contributed by atoms with Gasteiger partial charge in [-0.25, -0.2) is 8.78 Å². The lowest BCUT2D eigenvalue weighted by Crippen LogP contribution is -2.28. The van der Waals surface area contributed by atoms with Crippen molar-refractivity contribution in [1.29, 1.82) is 0 Å². The van der Waals surface area contributed by atoms with E-state index in [9.17, 15) is 26.7 Å². The van der Waals surface area contributed by atoms with E-state index in [0.717, 1.165) is 24.3 Å². The zero-order valence-corrected chi connectivity index (χ0v) is 13.9. The van der Waals surface area contributed by atoms with Crippen molar-refractivity contribution in [3.63, 3.8) is 0 Å². The highest BCUT2D eigenvalue weighted by molar-refractivity contribution is 5.93. The number of halogens is 5. The van der Waals surface area contributed by atoms with Crippen LogP contribution in [0.1, 0.15) is 15.9 Å². The summed E-state index contributed by atoms with van der Waals surface area (Å²) in [6, 6.07) is 8.26. The van der Waals surface area contributed by atoms with Crippen LogP contribution < -0.4 is 10.3 Å². The fourth-order valence-corrected chi connectivity index (χ4v) is 2.50. The van der Waals surface area contributed by atoms with Gasteiger partial charge >= 0.3 is 6.18 Å². The van der Waals surface area contributed by atoms with E-state index in [1.165, 1.54) is 30.6 Å². The third-order valence-corrected chi connectivity index (χ3v) is 3.71. The maximum Gasteiger partial charge on any atom is 0.420 e. The predicted molar refractivity (Wildman–Crippen MR) is 89.1 cm³/mol. The van der Waals surface area contributed by atoms with Crippen LogP contribution >= 0.6 is 0 Å². The quantitative estimate of drug-likeness (QED) is 0.512. The van der Waals surface area contributed by atoms with Crippen LogP contribution in [0.15, 0.2) is 60.9 Å². The highest BCUT2D eigenvalue weighted by Gasteiger charge is 2.38. The first-order chi connectivity index (χ1) is 13.3. The van der Waals surface area contributed by atoms with E-state index in [1.54, 1.807) is 0 Å². The van der Waals surface area contributed by atoms with E-state index in [-0.39, 0.29) is 5.56 Å². The summed E-state index contributed by atoms with van der Waals surface area (Å²) in [5, 5.41) is 0. The zero-order chi connectivity index (χ0) is 20.3. The average molecular weight is 394 g/mol. The van der Waals surface area contributed by atoms with Gasteiger partial charge in [-0.15, -0.1) is 0 Å². The Morgan fingerprint density at radius 1 is 1.00 bits per heavy atom. The molecule has 4 nitrogen and oxygen atoms in total. The van der Waals surface area contributed by atoms with Crippen LogP contribution in [-0.4, -0.2) is 10.9 Å². The number of rotatable bonds is 4. The molecule has 0 fully saturated rings. The number of nitrogens with zero attached hydrogens (tertiary/aromatic N) is 1. The maximum atomic E-state index is 14.0. The average Bonchev–Trinajstić information content (AvgIpc) is 2.65. The van der Waals surface area contributed by atoms with E-state index in [0.29, 0.717) is 6.07 Å². The van der Waals surface area contributed by atoms with E-state index in [1.807, 2.05) is 5.48 Å². The first-order valence-corrected chi connectivity index (χ1v) is 7.80. The van der Waals surface area contributed by atoms with Gasteiger partial charge in [0.15, 0.2) is 5.75 Å². The summed E-state index contributed by atoms with van der Waals surface area (Å²) in [6.45, 7) is 0. The van der Waals surface area contributed by atoms with E-state index < -0.39 is 46.2 Å². The Bertz CT molecular complexity index is 1010. The van der Waals surface area contributed by atoms with Gasteiger partial charge in [-0.2, -0.15) is 18.7 Å². The summed E-state index contributed by atoms with van der Waals surface area (Å²) in [4.78, 5) is 20.5. The molecule has 0 atom stereocenters. The Balaban J connectivity index is 1.99. The molecule has 1 heterocycles. The number of pyridine rings is 1. The number of carbonyl (C=O) groups is 1. The Labute approximate surface area is 155 Å². The molecule has 0 saturated carbocycles. The number of nitrogens with one attached hydrogen (secondary N) is 1. The molecule has 1 N–H and O–H groups in total. The molecule has 0 saturated heterocycles. The lowest BCUT2D eigenvalue weighted by atomic mass is 9.98. The highest BCUT2D eigenvalue weighted by atomic mass is 19.4. The smallest absolute Gasteiger partial charge is 0.379 e. The normalized spacial score (nSPS) is 11.2. The van der Waals surface area contributed by atoms with Gasteiger partial charge in [0.2, 0.25) is 0 Å². The minimum atomic E-state index is -4.94. The zero-order valence-electron chi connectivity index (χ0n) is 13.9. The van der Waals surface area contributed by atoms with Gasteiger partial charge in [-0.05, 0) is 30.3 Å². The van der Waals surface area contributed by atoms with Crippen molar-refractivity contribution in [3.8, 4) is 16.9 Å². The van der Waals surface area contributed by atoms with Crippen LogP contribution in [0.4, 0.5) is 22.0 Å². The molecule has 2 aromatic carbocycles. The van der Waals surface area contributed by atoms with Crippen LogP contribution in [0.2, 0.25) is 0 Å². The van der Waals surface area contributed by atoms with Crippen LogP contribution in [0, 0.1) is 11.6 Å². The van der Waals surface area contributed by atoms with Gasteiger partial charge in [0, 0.05) is 29.6 Å². The third-order valence-electron chi connectivity index (χ3n) is 3.71. The summed E-state index contributed by atoms with van der Waals surface area (Å²) in [5.74, 6) is -3.65. The summed E-state index contributed by atoms with van der Waals surface area (Å²) in [7, 11) is 0. The van der Waals surface area contributed by atoms with Crippen molar-refractivity contribution in [2.75, 3.05) is 0 Å². The van der Waals surface area contributed by atoms with Crippen molar-refractivity contribution >= 4 is 5.91 Å². The maximum absolute atomic E-state index is 14.0. The summed E-state index contributed by atoms with van der Waals surface area (Å²) >= 11 is 0. The van der Waals surface area contributed by atoms with Crippen molar-refractivity contribution < 1.29 is 31.6 Å². The second-order valence-electron chi connectivity index (χ2n) is 5.58. The molecule has 0 bridgehead atoms. The number of hydroxylamine groups is 1. The predicted octanol–water partition coefficient (Wildman–Crippen LogP) is 4.77. The molecule has 0 aliphatic heterocycles. The summed E-state index contributed by atoms with van der Waals surface area (Å²) in [6.07, 6.45) is -2.32. The molecule has 1 amide bonds. The molecule has 1 aromatic heterocycles. The number of carbonyl (C=O) groups excluding carboxylic acids is 1. The number of hydrogen-bond donors (Lipinski definition) is 1. The SMILES string of the molecule is O=C(NOc1cccc(-c2ccc(F)cc2F)c1C(F)(F)F)c1cccnc1. The van der Waals surface area contributed by atoms with Gasteiger partial charge in [0.25, 0.3) is 5.91 Å². The molecule has 3 rings (SSSR count). The lowest BCUT2D eigenvalue weighted by Gasteiger charge is -2.18. The summed E-state index contributed by atoms with van der Waals surface area (Å²) in [5.41, 5.74) is -0.367. The van der Waals surface area contributed by atoms with E-state index in [2.05, 4.69) is 4.98 Å². The largest absolute Gasteiger partial charge is 0.420 e. The monoisotopic (exact) mass is 394 g/mol. The Hall–Kier alpha value is -3.49. The highest BCUT2D eigenvalue weighted by Crippen LogP contribution is 2.43. The molecule has 9 heteroatoms. The number of benzene rings is 2. The minimum absolute atomic E-state index is 0.0665. The first-order valence-electron chi connectivity index (χ1n) is 7.80. The number of aromatic nitrogens is 1. The second-order valence-corrected chi connectivity index (χ2v) is 5.58. The van der Waals surface area contributed by atoms with Crippen molar-refractivity contribution in [2.24, 2.45) is 0 Å². The third kappa shape index (κ3) is 4.08. The second kappa shape index (κ2) is 7.63. The molecular weight excluding hydrogens is 383 g/mol. The molecule has 0 aliphatic rings. The Kier molecular flexibility index (Phi) is 5.25. The fraction of sp³-hybridized carbons (Fsp3) is 0.0526. The number of hydrogen-bond acceptors (Lipinski definition) is 3. The van der Waals surface area contributed by atoms with E-state index in [4.69, 9.17) is 4.84 Å². The van der Waals surface area contributed by atoms with Gasteiger partial charge in [-0.1, -0.05) is 12.1 Å². The lowest BCUT2D eigenvalue weighted by molar-refractivity contribution is -0.138. The first kappa shape index (κ1) is 19.3. The molecule has 3 aromatic rings. The van der Waals surface area contributed by atoms with Gasteiger partial charge in [0.05, 0.1) is 5.56 Å². The van der Waals surface area contributed by atoms with Crippen LogP contribution in [0.25, 0.3) is 11.1 Å². The van der Waals surface area contributed by atoms with Gasteiger partial charge in [-0.3, -0.25) is 9.78 Å². The topological polar surface area (TPSA) is 51.2 Å². The number of alkyl halides is 3. The molecular formula is C19H11F5N2O2. The molecule has 0 spiro atoms. The molecule has 0 radical (unpaired) electrons. The summed E-state index contributed by atoms with van der Waals surface area (Å²) < 4.78 is 68.1. The molecule has 144 valence electrons. The van der Waals surface area contributed by atoms with Crippen LogP contribution in [-0.2, 0) is 6.18 Å². The van der Waals surface area contributed by atoms with Gasteiger partial charge < -0.3 is 4.84 Å². The molecule has 0 aliphatic carbocycles. The fourth-order valence-electron chi connectivity index (χ4n) is 2.50. The molecule has 28 heavy (non-hydrogen) atoms. The Morgan fingerprint density at radius 2 is 1.79 bits per heavy atom. The Morgan fingerprint density at radius 3 is 2.43 bits per heavy atom. The van der Waals surface area contributed by atoms with Gasteiger partial charge in [0.1, 0.15) is 17.2 Å². The van der Waals surface area contributed by atoms with E-state index >= 15 is 0 Å². The van der Waals surface area contributed by atoms with Crippen LogP contribution in [0.5, 0.6) is 5.75 Å².